The van der Waals surface area contributed by atoms with Gasteiger partial charge in [0.05, 0.1) is 12.2 Å². The lowest BCUT2D eigenvalue weighted by Crippen LogP contribution is -2.49. The second-order valence-corrected chi connectivity index (χ2v) is 10.1. The highest BCUT2D eigenvalue weighted by Gasteiger charge is 2.34. The predicted octanol–water partition coefficient (Wildman–Crippen LogP) is 4.28. The molecule has 2 aromatic rings. The largest absolute Gasteiger partial charge is 0.459 e. The molecule has 1 saturated heterocycles. The molecule has 2 aromatic carbocycles. The lowest BCUT2D eigenvalue weighted by atomic mass is 9.92. The molecule has 1 amide bonds. The zero-order valence-electron chi connectivity index (χ0n) is 22.1. The third-order valence-electron chi connectivity index (χ3n) is 7.29. The van der Waals surface area contributed by atoms with E-state index in [0.717, 1.165) is 35.7 Å². The minimum Gasteiger partial charge on any atom is -0.459 e. The van der Waals surface area contributed by atoms with Crippen molar-refractivity contribution in [2.24, 2.45) is 0 Å². The molecule has 0 saturated carbocycles. The first-order valence-corrected chi connectivity index (χ1v) is 13.5. The van der Waals surface area contributed by atoms with Crippen LogP contribution >= 0.6 is 0 Å². The predicted molar refractivity (Wildman–Crippen MR) is 138 cm³/mol. The zero-order chi connectivity index (χ0) is 28.1. The topological polar surface area (TPSA) is 80.7 Å². The zero-order valence-corrected chi connectivity index (χ0v) is 22.1. The molecule has 0 spiro atoms. The number of alkyl halides is 3. The minimum absolute atomic E-state index is 0.0490. The van der Waals surface area contributed by atoms with E-state index in [4.69, 9.17) is 24.1 Å². The molecular weight excluding hydrogens is 529 g/mol. The Balaban J connectivity index is 1.23. The summed E-state index contributed by atoms with van der Waals surface area (Å²) in [5.41, 5.74) is 1.03. The first-order valence-electron chi connectivity index (χ1n) is 13.5. The lowest BCUT2D eigenvalue weighted by Gasteiger charge is -2.36. The van der Waals surface area contributed by atoms with Gasteiger partial charge in [-0.15, -0.1) is 0 Å². The summed E-state index contributed by atoms with van der Waals surface area (Å²) in [6, 6.07) is 10.9. The number of benzene rings is 2. The van der Waals surface area contributed by atoms with Crippen LogP contribution in [0.2, 0.25) is 0 Å². The molecule has 3 heterocycles. The molecule has 0 aliphatic carbocycles. The Morgan fingerprint density at radius 2 is 1.75 bits per heavy atom. The Hall–Kier alpha value is -3.28. The van der Waals surface area contributed by atoms with E-state index in [1.54, 1.807) is 11.0 Å². The second kappa shape index (κ2) is 12.5. The number of unbranched alkanes of at least 4 members (excludes halogenated alkanes) is 1. The molecular formula is C29H33F3N2O6. The van der Waals surface area contributed by atoms with Crippen LogP contribution in [-0.2, 0) is 27.0 Å². The number of fused-ring (bicyclic) bond motifs is 1. The van der Waals surface area contributed by atoms with Crippen molar-refractivity contribution in [3.05, 3.63) is 71.0 Å². The van der Waals surface area contributed by atoms with Crippen LogP contribution in [0.15, 0.2) is 54.3 Å². The average molecular weight is 563 g/mol. The number of carbonyl (C=O) groups is 1. The van der Waals surface area contributed by atoms with Crippen molar-refractivity contribution in [3.63, 3.8) is 0 Å². The fourth-order valence-electron chi connectivity index (χ4n) is 5.05. The van der Waals surface area contributed by atoms with Gasteiger partial charge in [0.25, 0.3) is 5.91 Å². The van der Waals surface area contributed by atoms with Gasteiger partial charge in [-0.1, -0.05) is 18.2 Å². The monoisotopic (exact) mass is 562 g/mol. The third-order valence-corrected chi connectivity index (χ3v) is 7.29. The van der Waals surface area contributed by atoms with Crippen molar-refractivity contribution in [2.45, 2.75) is 44.2 Å². The van der Waals surface area contributed by atoms with Crippen LogP contribution in [0.1, 0.15) is 41.9 Å². The van der Waals surface area contributed by atoms with Gasteiger partial charge in [-0.3, -0.25) is 9.69 Å². The van der Waals surface area contributed by atoms with E-state index in [-0.39, 0.29) is 31.0 Å². The highest BCUT2D eigenvalue weighted by atomic mass is 19.4. The van der Waals surface area contributed by atoms with Gasteiger partial charge in [0, 0.05) is 51.7 Å². The van der Waals surface area contributed by atoms with E-state index in [0.29, 0.717) is 57.6 Å². The number of rotatable bonds is 9. The number of aliphatic hydroxyl groups is 1. The number of hydrogen-bond donors (Lipinski definition) is 1. The molecule has 3 aliphatic heterocycles. The second-order valence-electron chi connectivity index (χ2n) is 10.1. The van der Waals surface area contributed by atoms with Gasteiger partial charge in [-0.05, 0) is 54.3 Å². The van der Waals surface area contributed by atoms with E-state index in [1.807, 2.05) is 18.2 Å². The summed E-state index contributed by atoms with van der Waals surface area (Å²) in [5.74, 6) is 1.02. The molecule has 0 radical (unpaired) electrons. The summed E-state index contributed by atoms with van der Waals surface area (Å²) in [4.78, 5) is 17.5. The summed E-state index contributed by atoms with van der Waals surface area (Å²) < 4.78 is 61.8. The van der Waals surface area contributed by atoms with Crippen LogP contribution in [0.4, 0.5) is 13.2 Å². The van der Waals surface area contributed by atoms with E-state index < -0.39 is 18.0 Å². The van der Waals surface area contributed by atoms with Crippen molar-refractivity contribution in [3.8, 4) is 11.5 Å². The van der Waals surface area contributed by atoms with Gasteiger partial charge in [0.15, 0.2) is 17.3 Å². The number of ether oxygens (including phenoxy) is 4. The first kappa shape index (κ1) is 28.3. The maximum atomic E-state index is 13.5. The van der Waals surface area contributed by atoms with Crippen LogP contribution in [0, 0.1) is 0 Å². The number of aliphatic hydroxyl groups excluding tert-OH is 1. The van der Waals surface area contributed by atoms with Crippen molar-refractivity contribution >= 4 is 5.91 Å². The van der Waals surface area contributed by atoms with Gasteiger partial charge in [-0.25, -0.2) is 0 Å². The molecule has 2 atom stereocenters. The molecule has 2 unspecified atom stereocenters. The molecule has 0 bridgehead atoms. The van der Waals surface area contributed by atoms with E-state index in [9.17, 15) is 18.0 Å². The Morgan fingerprint density at radius 3 is 2.48 bits per heavy atom. The molecule has 5 rings (SSSR count). The lowest BCUT2D eigenvalue weighted by molar-refractivity contribution is -0.154. The Labute approximate surface area is 230 Å². The summed E-state index contributed by atoms with van der Waals surface area (Å²) in [7, 11) is 0. The van der Waals surface area contributed by atoms with Crippen LogP contribution in [0.3, 0.4) is 0 Å². The van der Waals surface area contributed by atoms with Crippen molar-refractivity contribution < 1.29 is 42.0 Å². The van der Waals surface area contributed by atoms with Gasteiger partial charge < -0.3 is 29.0 Å². The SMILES string of the molecule is O=C(C1=CC(c2ccc(C(F)(F)F)cc2)CC(OCCCCO)O1)N1CCN(Cc2ccc3c(c2)OCO3)CC1. The third kappa shape index (κ3) is 6.89. The summed E-state index contributed by atoms with van der Waals surface area (Å²) in [6.07, 6.45) is -1.88. The molecule has 216 valence electrons. The molecule has 1 fully saturated rings. The maximum absolute atomic E-state index is 13.5. The van der Waals surface area contributed by atoms with Crippen molar-refractivity contribution in [1.82, 2.24) is 9.80 Å². The van der Waals surface area contributed by atoms with Gasteiger partial charge in [-0.2, -0.15) is 13.2 Å². The van der Waals surface area contributed by atoms with E-state index in [1.165, 1.54) is 12.1 Å². The standard InChI is InChI=1S/C29H33F3N2O6/c30-29(31,32)23-6-4-21(5-7-23)22-16-26(40-27(17-22)37-14-2-1-13-35)28(36)34-11-9-33(10-12-34)18-20-3-8-24-25(15-20)39-19-38-24/h3-8,15-16,22,27,35H,1-2,9-14,17-19H2. The minimum atomic E-state index is -4.42. The smallest absolute Gasteiger partial charge is 0.416 e. The van der Waals surface area contributed by atoms with Gasteiger partial charge in [0.2, 0.25) is 13.1 Å². The van der Waals surface area contributed by atoms with Crippen LogP contribution in [0.25, 0.3) is 0 Å². The molecule has 8 nitrogen and oxygen atoms in total. The number of piperazine rings is 1. The molecule has 0 aromatic heterocycles. The quantitative estimate of drug-likeness (QED) is 0.457. The number of hydrogen-bond acceptors (Lipinski definition) is 7. The Bertz CT molecular complexity index is 1200. The van der Waals surface area contributed by atoms with E-state index >= 15 is 0 Å². The van der Waals surface area contributed by atoms with Crippen LogP contribution in [0.5, 0.6) is 11.5 Å². The molecule has 11 heteroatoms. The number of amides is 1. The molecule has 3 aliphatic rings. The van der Waals surface area contributed by atoms with E-state index in [2.05, 4.69) is 4.90 Å². The first-order chi connectivity index (χ1) is 19.3. The summed E-state index contributed by atoms with van der Waals surface area (Å²) >= 11 is 0. The number of allylic oxidation sites excluding steroid dienone is 1. The average Bonchev–Trinajstić information content (AvgIpc) is 3.43. The molecule has 1 N–H and O–H groups in total. The summed E-state index contributed by atoms with van der Waals surface area (Å²) in [5, 5.41) is 9.03. The fraction of sp³-hybridized carbons (Fsp3) is 0.483. The fourth-order valence-corrected chi connectivity index (χ4v) is 5.05. The highest BCUT2D eigenvalue weighted by Crippen LogP contribution is 2.35. The van der Waals surface area contributed by atoms with Crippen molar-refractivity contribution in [1.29, 1.82) is 0 Å². The maximum Gasteiger partial charge on any atom is 0.416 e. The van der Waals surface area contributed by atoms with Crippen LogP contribution < -0.4 is 9.47 Å². The van der Waals surface area contributed by atoms with Crippen LogP contribution in [-0.4, -0.2) is 73.3 Å². The highest BCUT2D eigenvalue weighted by molar-refractivity contribution is 5.92. The number of carbonyl (C=O) groups excluding carboxylic acids is 1. The Morgan fingerprint density at radius 1 is 1.00 bits per heavy atom. The van der Waals surface area contributed by atoms with Gasteiger partial charge >= 0.3 is 6.18 Å². The number of nitrogens with zero attached hydrogens (tertiary/aromatic N) is 2. The number of halogens is 3. The normalized spacial score (nSPS) is 21.2. The molecule has 40 heavy (non-hydrogen) atoms. The van der Waals surface area contributed by atoms with Crippen molar-refractivity contribution in [2.75, 3.05) is 46.2 Å². The Kier molecular flexibility index (Phi) is 8.82. The summed E-state index contributed by atoms with van der Waals surface area (Å²) in [6.45, 7) is 3.71. The van der Waals surface area contributed by atoms with Gasteiger partial charge in [0.1, 0.15) is 0 Å².